The lowest BCUT2D eigenvalue weighted by molar-refractivity contribution is 0.269. The minimum absolute atomic E-state index is 0.191. The highest BCUT2D eigenvalue weighted by atomic mass is 35.5. The van der Waals surface area contributed by atoms with E-state index in [9.17, 15) is 4.39 Å². The Bertz CT molecular complexity index is 786. The Balaban J connectivity index is 2.04. The first-order valence-electron chi connectivity index (χ1n) is 9.93. The summed E-state index contributed by atoms with van der Waals surface area (Å²) in [6, 6.07) is 7.88. The van der Waals surface area contributed by atoms with Crippen LogP contribution in [0.2, 0.25) is 10.0 Å². The van der Waals surface area contributed by atoms with Crippen molar-refractivity contribution in [2.45, 2.75) is 33.9 Å². The van der Waals surface area contributed by atoms with Gasteiger partial charge in [0.25, 0.3) is 0 Å². The second-order valence-corrected chi connectivity index (χ2v) is 7.37. The van der Waals surface area contributed by atoms with Crippen LogP contribution in [0.1, 0.15) is 31.9 Å². The van der Waals surface area contributed by atoms with Gasteiger partial charge in [-0.2, -0.15) is 0 Å². The van der Waals surface area contributed by atoms with Gasteiger partial charge < -0.3 is 19.7 Å². The molecule has 2 rings (SSSR count). The van der Waals surface area contributed by atoms with Gasteiger partial charge in [-0.3, -0.25) is 0 Å². The van der Waals surface area contributed by atoms with Crippen LogP contribution in [0.5, 0.6) is 11.5 Å². The van der Waals surface area contributed by atoms with E-state index in [0.717, 1.165) is 31.7 Å². The first-order valence-corrected chi connectivity index (χ1v) is 10.7. The molecular formula is C22H29Cl2FN2O2. The molecule has 0 fully saturated rings. The third kappa shape index (κ3) is 7.34. The summed E-state index contributed by atoms with van der Waals surface area (Å²) in [4.78, 5) is 2.36. The Morgan fingerprint density at radius 3 is 2.28 bits per heavy atom. The Labute approximate surface area is 182 Å². The molecule has 0 saturated heterocycles. The summed E-state index contributed by atoms with van der Waals surface area (Å²) < 4.78 is 24.8. The van der Waals surface area contributed by atoms with E-state index in [1.807, 2.05) is 13.0 Å². The maximum Gasteiger partial charge on any atom is 0.163 e. The predicted molar refractivity (Wildman–Crippen MR) is 118 cm³/mol. The van der Waals surface area contributed by atoms with Crippen LogP contribution in [0.4, 0.5) is 4.39 Å². The molecule has 0 amide bonds. The predicted octanol–water partition coefficient (Wildman–Crippen LogP) is 5.54. The highest BCUT2D eigenvalue weighted by Crippen LogP contribution is 2.34. The fraction of sp³-hybridized carbons (Fsp3) is 0.455. The van der Waals surface area contributed by atoms with Crippen LogP contribution in [-0.4, -0.2) is 37.7 Å². The van der Waals surface area contributed by atoms with E-state index in [1.54, 1.807) is 12.1 Å². The van der Waals surface area contributed by atoms with E-state index in [2.05, 4.69) is 24.1 Å². The lowest BCUT2D eigenvalue weighted by Crippen LogP contribution is -2.31. The Kier molecular flexibility index (Phi) is 10.0. The lowest BCUT2D eigenvalue weighted by atomic mass is 10.2. The molecule has 0 spiro atoms. The van der Waals surface area contributed by atoms with Gasteiger partial charge in [-0.1, -0.05) is 43.1 Å². The van der Waals surface area contributed by atoms with Crippen molar-refractivity contribution in [1.82, 2.24) is 10.2 Å². The summed E-state index contributed by atoms with van der Waals surface area (Å²) in [6.45, 7) is 11.5. The van der Waals surface area contributed by atoms with Crippen molar-refractivity contribution in [2.24, 2.45) is 0 Å². The van der Waals surface area contributed by atoms with Crippen molar-refractivity contribution in [3.05, 3.63) is 57.3 Å². The van der Waals surface area contributed by atoms with Gasteiger partial charge >= 0.3 is 0 Å². The number of halogens is 3. The Morgan fingerprint density at radius 1 is 0.931 bits per heavy atom. The fourth-order valence-corrected chi connectivity index (χ4v) is 3.33. The summed E-state index contributed by atoms with van der Waals surface area (Å²) in [7, 11) is 0. The third-order valence-corrected chi connectivity index (χ3v) is 5.33. The normalized spacial score (nSPS) is 11.1. The molecular weight excluding hydrogens is 414 g/mol. The van der Waals surface area contributed by atoms with Crippen LogP contribution in [-0.2, 0) is 13.2 Å². The zero-order valence-electron chi connectivity index (χ0n) is 17.2. The summed E-state index contributed by atoms with van der Waals surface area (Å²) in [5.41, 5.74) is 1.63. The van der Waals surface area contributed by atoms with E-state index in [4.69, 9.17) is 32.7 Å². The summed E-state index contributed by atoms with van der Waals surface area (Å²) in [5.74, 6) is 0.773. The molecule has 0 aromatic heterocycles. The first-order chi connectivity index (χ1) is 14.0. The molecule has 0 bridgehead atoms. The molecule has 0 atom stereocenters. The van der Waals surface area contributed by atoms with Gasteiger partial charge in [0.05, 0.1) is 11.6 Å². The standard InChI is InChI=1S/C22H29Cl2FN2O2/c1-4-27(5-2)10-9-26-14-17-11-21(28-6-3)22(13-20(17)24)29-15-16-7-8-18(25)12-19(16)23/h7-8,11-13,26H,4-6,9-10,14-15H2,1-3H3. The van der Waals surface area contributed by atoms with Crippen LogP contribution >= 0.6 is 23.2 Å². The van der Waals surface area contributed by atoms with Crippen molar-refractivity contribution in [3.8, 4) is 11.5 Å². The maximum absolute atomic E-state index is 13.2. The highest BCUT2D eigenvalue weighted by molar-refractivity contribution is 6.31. The third-order valence-electron chi connectivity index (χ3n) is 4.63. The molecule has 0 unspecified atom stereocenters. The number of benzene rings is 2. The Morgan fingerprint density at radius 2 is 1.62 bits per heavy atom. The molecule has 160 valence electrons. The van der Waals surface area contributed by atoms with Crippen molar-refractivity contribution in [3.63, 3.8) is 0 Å². The molecule has 2 aromatic carbocycles. The molecule has 0 heterocycles. The quantitative estimate of drug-likeness (QED) is 0.437. The summed E-state index contributed by atoms with van der Waals surface area (Å²) in [6.07, 6.45) is 0. The van der Waals surface area contributed by atoms with Gasteiger partial charge in [-0.15, -0.1) is 0 Å². The second kappa shape index (κ2) is 12.2. The summed E-state index contributed by atoms with van der Waals surface area (Å²) >= 11 is 12.5. The molecule has 2 aromatic rings. The zero-order chi connectivity index (χ0) is 21.2. The number of nitrogens with zero attached hydrogens (tertiary/aromatic N) is 1. The van der Waals surface area contributed by atoms with Crippen molar-refractivity contribution in [2.75, 3.05) is 32.8 Å². The number of ether oxygens (including phenoxy) is 2. The largest absolute Gasteiger partial charge is 0.490 e. The lowest BCUT2D eigenvalue weighted by Gasteiger charge is -2.19. The van der Waals surface area contributed by atoms with E-state index in [-0.39, 0.29) is 12.4 Å². The molecule has 29 heavy (non-hydrogen) atoms. The van der Waals surface area contributed by atoms with Gasteiger partial charge in [0.2, 0.25) is 0 Å². The monoisotopic (exact) mass is 442 g/mol. The molecule has 0 aliphatic heterocycles. The van der Waals surface area contributed by atoms with Crippen LogP contribution < -0.4 is 14.8 Å². The second-order valence-electron chi connectivity index (χ2n) is 6.55. The molecule has 0 aliphatic rings. The number of likely N-dealkylation sites (N-methyl/N-ethyl adjacent to an activating group) is 1. The molecule has 0 aliphatic carbocycles. The van der Waals surface area contributed by atoms with Crippen LogP contribution in [0, 0.1) is 5.82 Å². The van der Waals surface area contributed by atoms with Gasteiger partial charge in [-0.05, 0) is 43.8 Å². The van der Waals surface area contributed by atoms with Gasteiger partial charge in [0.15, 0.2) is 11.5 Å². The molecule has 1 N–H and O–H groups in total. The number of hydrogen-bond donors (Lipinski definition) is 1. The molecule has 0 radical (unpaired) electrons. The zero-order valence-corrected chi connectivity index (χ0v) is 18.7. The highest BCUT2D eigenvalue weighted by Gasteiger charge is 2.13. The number of hydrogen-bond acceptors (Lipinski definition) is 4. The van der Waals surface area contributed by atoms with Crippen LogP contribution in [0.3, 0.4) is 0 Å². The minimum atomic E-state index is -0.380. The van der Waals surface area contributed by atoms with E-state index < -0.39 is 0 Å². The SMILES string of the molecule is CCOc1cc(CNCCN(CC)CC)c(Cl)cc1OCc1ccc(F)cc1Cl. The molecule has 4 nitrogen and oxygen atoms in total. The van der Waals surface area contributed by atoms with Crippen molar-refractivity contribution in [1.29, 1.82) is 0 Å². The minimum Gasteiger partial charge on any atom is -0.490 e. The average Bonchev–Trinajstić information content (AvgIpc) is 2.70. The van der Waals surface area contributed by atoms with Crippen molar-refractivity contribution >= 4 is 23.2 Å². The maximum atomic E-state index is 13.2. The van der Waals surface area contributed by atoms with Gasteiger partial charge in [-0.25, -0.2) is 4.39 Å². The average molecular weight is 443 g/mol. The number of nitrogens with one attached hydrogen (secondary N) is 1. The number of rotatable bonds is 12. The summed E-state index contributed by atoms with van der Waals surface area (Å²) in [5, 5.41) is 4.35. The topological polar surface area (TPSA) is 33.7 Å². The molecule has 7 heteroatoms. The van der Waals surface area contributed by atoms with E-state index >= 15 is 0 Å². The molecule has 0 saturated carbocycles. The van der Waals surface area contributed by atoms with Crippen molar-refractivity contribution < 1.29 is 13.9 Å². The van der Waals surface area contributed by atoms with Crippen LogP contribution in [0.25, 0.3) is 0 Å². The van der Waals surface area contributed by atoms with E-state index in [1.165, 1.54) is 12.1 Å². The van der Waals surface area contributed by atoms with Gasteiger partial charge in [0.1, 0.15) is 12.4 Å². The fourth-order valence-electron chi connectivity index (χ4n) is 2.89. The smallest absolute Gasteiger partial charge is 0.163 e. The first kappa shape index (κ1) is 23.7. The van der Waals surface area contributed by atoms with E-state index in [0.29, 0.717) is 40.3 Å². The Hall–Kier alpha value is -1.53. The van der Waals surface area contributed by atoms with Gasteiger partial charge in [0, 0.05) is 36.3 Å². The van der Waals surface area contributed by atoms with Crippen LogP contribution in [0.15, 0.2) is 30.3 Å².